The van der Waals surface area contributed by atoms with Crippen molar-refractivity contribution in [3.63, 3.8) is 0 Å². The Labute approximate surface area is 142 Å². The van der Waals surface area contributed by atoms with Crippen molar-refractivity contribution in [2.75, 3.05) is 6.61 Å². The smallest absolute Gasteiger partial charge is 0.271 e. The number of hydrogen-bond donors (Lipinski definition) is 0. The number of benzene rings is 1. The quantitative estimate of drug-likeness (QED) is 0.479. The molecule has 0 atom stereocenters. The molecule has 1 saturated carbocycles. The largest absolute Gasteiger partial charge is 0.378 e. The molecular weight excluding hydrogens is 313 g/mol. The Morgan fingerprint density at radius 1 is 1.12 bits per heavy atom. The number of ether oxygens (including phenoxy) is 1. The maximum absolute atomic E-state index is 13.9. The standard InChI is InChI=1S/C20H27F3O/c1-2-3-4-5-12-24-18-10-8-15(9-11-18)16-6-7-17(14-20(22)23)19(21)13-16/h6-7,13-15,18H,2-5,8-12H2,1H3/t15-,18-. The molecule has 1 aromatic carbocycles. The van der Waals surface area contributed by atoms with Crippen LogP contribution < -0.4 is 0 Å². The Morgan fingerprint density at radius 2 is 1.88 bits per heavy atom. The first-order valence-electron chi connectivity index (χ1n) is 9.04. The molecule has 0 bridgehead atoms. The fourth-order valence-corrected chi connectivity index (χ4v) is 3.37. The van der Waals surface area contributed by atoms with Crippen LogP contribution in [0.5, 0.6) is 0 Å². The first-order chi connectivity index (χ1) is 11.6. The second-order valence-corrected chi connectivity index (χ2v) is 6.62. The highest BCUT2D eigenvalue weighted by atomic mass is 19.3. The SMILES string of the molecule is CCCCCCO[C@H]1CC[C@H](c2ccc(C=C(F)F)c(F)c2)CC1. The molecule has 1 nitrogen and oxygen atoms in total. The molecule has 0 saturated heterocycles. The van der Waals surface area contributed by atoms with Gasteiger partial charge in [0.15, 0.2) is 0 Å². The van der Waals surface area contributed by atoms with E-state index in [-0.39, 0.29) is 5.56 Å². The van der Waals surface area contributed by atoms with Crippen LogP contribution in [-0.4, -0.2) is 12.7 Å². The second-order valence-electron chi connectivity index (χ2n) is 6.62. The molecule has 0 unspecified atom stereocenters. The van der Waals surface area contributed by atoms with Gasteiger partial charge in [-0.25, -0.2) is 4.39 Å². The molecule has 2 rings (SSSR count). The Kier molecular flexibility index (Phi) is 7.83. The predicted octanol–water partition coefficient (Wildman–Crippen LogP) is 6.69. The summed E-state index contributed by atoms with van der Waals surface area (Å²) in [6.45, 7) is 3.03. The van der Waals surface area contributed by atoms with Crippen LogP contribution >= 0.6 is 0 Å². The minimum Gasteiger partial charge on any atom is -0.378 e. The summed E-state index contributed by atoms with van der Waals surface area (Å²) in [5.41, 5.74) is 0.855. The van der Waals surface area contributed by atoms with E-state index >= 15 is 0 Å². The van der Waals surface area contributed by atoms with Gasteiger partial charge in [-0.1, -0.05) is 38.3 Å². The number of hydrogen-bond acceptors (Lipinski definition) is 1. The summed E-state index contributed by atoms with van der Waals surface area (Å²) in [5.74, 6) is -0.276. The molecule has 0 aliphatic heterocycles. The van der Waals surface area contributed by atoms with Crippen LogP contribution in [0.15, 0.2) is 24.3 Å². The summed E-state index contributed by atoms with van der Waals surface area (Å²) in [6, 6.07) is 4.62. The summed E-state index contributed by atoms with van der Waals surface area (Å²) < 4.78 is 44.3. The lowest BCUT2D eigenvalue weighted by molar-refractivity contribution is 0.0226. The van der Waals surface area contributed by atoms with Crippen LogP contribution in [0.3, 0.4) is 0 Å². The van der Waals surface area contributed by atoms with Crippen LogP contribution in [0.4, 0.5) is 13.2 Å². The molecule has 24 heavy (non-hydrogen) atoms. The molecule has 134 valence electrons. The van der Waals surface area contributed by atoms with E-state index in [1.807, 2.05) is 0 Å². The minimum absolute atomic E-state index is 0.0529. The lowest BCUT2D eigenvalue weighted by atomic mass is 9.82. The molecule has 0 heterocycles. The molecule has 1 aliphatic carbocycles. The predicted molar refractivity (Wildman–Crippen MR) is 91.7 cm³/mol. The van der Waals surface area contributed by atoms with Gasteiger partial charge in [0.1, 0.15) is 5.82 Å². The van der Waals surface area contributed by atoms with Crippen LogP contribution in [0.1, 0.15) is 75.3 Å². The second kappa shape index (κ2) is 9.87. The van der Waals surface area contributed by atoms with Crippen molar-refractivity contribution in [2.45, 2.75) is 70.3 Å². The molecule has 1 aliphatic rings. The molecule has 0 aromatic heterocycles. The normalized spacial score (nSPS) is 20.8. The van der Waals surface area contributed by atoms with Gasteiger partial charge < -0.3 is 4.74 Å². The molecule has 1 aromatic rings. The van der Waals surface area contributed by atoms with Gasteiger partial charge in [0.2, 0.25) is 0 Å². The maximum atomic E-state index is 13.9. The van der Waals surface area contributed by atoms with E-state index in [0.29, 0.717) is 18.1 Å². The molecule has 0 amide bonds. The van der Waals surface area contributed by atoms with E-state index in [9.17, 15) is 13.2 Å². The van der Waals surface area contributed by atoms with Crippen LogP contribution in [0, 0.1) is 5.82 Å². The fourth-order valence-electron chi connectivity index (χ4n) is 3.37. The zero-order valence-corrected chi connectivity index (χ0v) is 14.4. The van der Waals surface area contributed by atoms with Crippen molar-refractivity contribution in [1.82, 2.24) is 0 Å². The van der Waals surface area contributed by atoms with Gasteiger partial charge in [-0.15, -0.1) is 0 Å². The molecule has 0 N–H and O–H groups in total. The van der Waals surface area contributed by atoms with E-state index in [0.717, 1.165) is 44.3 Å². The van der Waals surface area contributed by atoms with E-state index in [1.165, 1.54) is 31.4 Å². The fraction of sp³-hybridized carbons (Fsp3) is 0.600. The van der Waals surface area contributed by atoms with E-state index in [2.05, 4.69) is 6.92 Å². The van der Waals surface area contributed by atoms with E-state index in [1.54, 1.807) is 6.07 Å². The molecule has 0 spiro atoms. The lowest BCUT2D eigenvalue weighted by Crippen LogP contribution is -2.21. The van der Waals surface area contributed by atoms with E-state index in [4.69, 9.17) is 4.74 Å². The maximum Gasteiger partial charge on any atom is 0.271 e. The van der Waals surface area contributed by atoms with Crippen molar-refractivity contribution in [3.8, 4) is 0 Å². The first kappa shape index (κ1) is 19.0. The highest BCUT2D eigenvalue weighted by Gasteiger charge is 2.23. The number of rotatable bonds is 8. The van der Waals surface area contributed by atoms with Crippen molar-refractivity contribution in [2.24, 2.45) is 0 Å². The average molecular weight is 340 g/mol. The Balaban J connectivity index is 1.80. The van der Waals surface area contributed by atoms with Gasteiger partial charge in [-0.3, -0.25) is 0 Å². The molecular formula is C20H27F3O. The van der Waals surface area contributed by atoms with Crippen LogP contribution in [0.2, 0.25) is 0 Å². The summed E-state index contributed by atoms with van der Waals surface area (Å²) in [7, 11) is 0. The zero-order chi connectivity index (χ0) is 17.4. The summed E-state index contributed by atoms with van der Waals surface area (Å²) in [4.78, 5) is 0. The van der Waals surface area contributed by atoms with Crippen LogP contribution in [-0.2, 0) is 4.74 Å². The number of halogens is 3. The van der Waals surface area contributed by atoms with Gasteiger partial charge in [-0.2, -0.15) is 8.78 Å². The van der Waals surface area contributed by atoms with Crippen molar-refractivity contribution in [3.05, 3.63) is 41.2 Å². The molecule has 1 fully saturated rings. The lowest BCUT2D eigenvalue weighted by Gasteiger charge is -2.29. The van der Waals surface area contributed by atoms with Gasteiger partial charge in [0.25, 0.3) is 6.08 Å². The van der Waals surface area contributed by atoms with Gasteiger partial charge in [0, 0.05) is 18.2 Å². The summed E-state index contributed by atoms with van der Waals surface area (Å²) in [5, 5.41) is 0. The first-order valence-corrected chi connectivity index (χ1v) is 9.04. The van der Waals surface area contributed by atoms with Crippen LogP contribution in [0.25, 0.3) is 6.08 Å². The van der Waals surface area contributed by atoms with Crippen molar-refractivity contribution < 1.29 is 17.9 Å². The zero-order valence-electron chi connectivity index (χ0n) is 14.4. The third-order valence-corrected chi connectivity index (χ3v) is 4.79. The third-order valence-electron chi connectivity index (χ3n) is 4.79. The summed E-state index contributed by atoms with van der Waals surface area (Å²) in [6.07, 6.45) is 7.76. The topological polar surface area (TPSA) is 9.23 Å². The van der Waals surface area contributed by atoms with Gasteiger partial charge in [-0.05, 0) is 49.7 Å². The highest BCUT2D eigenvalue weighted by Crippen LogP contribution is 2.35. The highest BCUT2D eigenvalue weighted by molar-refractivity contribution is 5.51. The Hall–Kier alpha value is -1.29. The number of unbranched alkanes of at least 4 members (excludes halogenated alkanes) is 3. The third kappa shape index (κ3) is 5.97. The molecule has 4 heteroatoms. The Morgan fingerprint density at radius 3 is 2.50 bits per heavy atom. The van der Waals surface area contributed by atoms with Gasteiger partial charge in [0.05, 0.1) is 6.10 Å². The summed E-state index contributed by atoms with van der Waals surface area (Å²) >= 11 is 0. The molecule has 0 radical (unpaired) electrons. The van der Waals surface area contributed by atoms with Crippen molar-refractivity contribution in [1.29, 1.82) is 0 Å². The minimum atomic E-state index is -1.88. The monoisotopic (exact) mass is 340 g/mol. The Bertz CT molecular complexity index is 530. The average Bonchev–Trinajstić information content (AvgIpc) is 2.57. The van der Waals surface area contributed by atoms with E-state index < -0.39 is 11.9 Å². The van der Waals surface area contributed by atoms with Crippen molar-refractivity contribution >= 4 is 6.08 Å². The van der Waals surface area contributed by atoms with Gasteiger partial charge >= 0.3 is 0 Å².